The number of hydrogen-bond acceptors (Lipinski definition) is 4. The number of imide groups is 1. The van der Waals surface area contributed by atoms with Crippen molar-refractivity contribution in [3.05, 3.63) is 69.7 Å². The van der Waals surface area contributed by atoms with Gasteiger partial charge in [0, 0.05) is 29.7 Å². The molecule has 0 spiro atoms. The zero-order valence-electron chi connectivity index (χ0n) is 18.7. The van der Waals surface area contributed by atoms with Crippen LogP contribution in [0.4, 0.5) is 0 Å². The fraction of sp³-hybridized carbons (Fsp3) is 0.400. The molecule has 1 unspecified atom stereocenters. The summed E-state index contributed by atoms with van der Waals surface area (Å²) < 4.78 is 0. The Morgan fingerprint density at radius 1 is 1.06 bits per heavy atom. The van der Waals surface area contributed by atoms with Gasteiger partial charge in [-0.2, -0.15) is 0 Å². The van der Waals surface area contributed by atoms with Crippen LogP contribution in [0.15, 0.2) is 42.5 Å². The first-order valence-electron chi connectivity index (χ1n) is 11.2. The largest absolute Gasteiger partial charge is 0.352 e. The maximum Gasteiger partial charge on any atom is 0.261 e. The van der Waals surface area contributed by atoms with Crippen LogP contribution in [0.2, 0.25) is 5.02 Å². The molecule has 8 heteroatoms. The standard InChI is InChI=1S/C25H28ClN3O3.ClH/c1-17-5-2-3-13-28(17)14-4-12-27-23(30)19-8-11-21-22(15-19)25(32)29(24(21)31)16-18-6-9-20(26)10-7-18;/h6-11,15,17H,2-5,12-14,16H2,1H3,(H,27,30);1H. The van der Waals surface area contributed by atoms with Crippen LogP contribution in [-0.4, -0.2) is 53.2 Å². The molecule has 1 N–H and O–H groups in total. The van der Waals surface area contributed by atoms with E-state index in [2.05, 4.69) is 17.1 Å². The first-order valence-corrected chi connectivity index (χ1v) is 11.6. The summed E-state index contributed by atoms with van der Waals surface area (Å²) in [4.78, 5) is 41.9. The van der Waals surface area contributed by atoms with E-state index >= 15 is 0 Å². The molecule has 33 heavy (non-hydrogen) atoms. The number of nitrogens with zero attached hydrogens (tertiary/aromatic N) is 2. The molecular weight excluding hydrogens is 461 g/mol. The molecule has 2 heterocycles. The monoisotopic (exact) mass is 489 g/mol. The van der Waals surface area contributed by atoms with Crippen molar-refractivity contribution in [1.29, 1.82) is 0 Å². The molecule has 176 valence electrons. The van der Waals surface area contributed by atoms with Crippen molar-refractivity contribution < 1.29 is 14.4 Å². The number of nitrogens with one attached hydrogen (secondary N) is 1. The van der Waals surface area contributed by atoms with Crippen LogP contribution in [0.5, 0.6) is 0 Å². The molecule has 1 saturated heterocycles. The predicted molar refractivity (Wildman–Crippen MR) is 131 cm³/mol. The van der Waals surface area contributed by atoms with Gasteiger partial charge in [-0.1, -0.05) is 30.2 Å². The fourth-order valence-electron chi connectivity index (χ4n) is 4.42. The second-order valence-electron chi connectivity index (χ2n) is 8.57. The topological polar surface area (TPSA) is 69.7 Å². The highest BCUT2D eigenvalue weighted by atomic mass is 35.5. The Morgan fingerprint density at radius 2 is 1.79 bits per heavy atom. The third-order valence-electron chi connectivity index (χ3n) is 6.34. The molecule has 1 atom stereocenters. The average Bonchev–Trinajstić information content (AvgIpc) is 3.03. The average molecular weight is 490 g/mol. The van der Waals surface area contributed by atoms with Gasteiger partial charge < -0.3 is 10.2 Å². The quantitative estimate of drug-likeness (QED) is 0.457. The van der Waals surface area contributed by atoms with E-state index in [0.29, 0.717) is 28.7 Å². The molecule has 0 bridgehead atoms. The Morgan fingerprint density at radius 3 is 2.52 bits per heavy atom. The highest BCUT2D eigenvalue weighted by Gasteiger charge is 2.36. The summed E-state index contributed by atoms with van der Waals surface area (Å²) in [5, 5.41) is 3.53. The lowest BCUT2D eigenvalue weighted by Crippen LogP contribution is -2.39. The minimum atomic E-state index is -0.381. The molecule has 1 fully saturated rings. The van der Waals surface area contributed by atoms with E-state index in [0.717, 1.165) is 25.1 Å². The Hall–Kier alpha value is -2.41. The van der Waals surface area contributed by atoms with Crippen molar-refractivity contribution in [2.75, 3.05) is 19.6 Å². The van der Waals surface area contributed by atoms with E-state index in [4.69, 9.17) is 11.6 Å². The summed E-state index contributed by atoms with van der Waals surface area (Å²) in [6, 6.07) is 12.3. The first kappa shape index (κ1) is 25.2. The van der Waals surface area contributed by atoms with Crippen LogP contribution in [-0.2, 0) is 6.54 Å². The number of hydrogen-bond donors (Lipinski definition) is 1. The molecule has 3 amide bonds. The Bertz CT molecular complexity index is 1030. The normalized spacial score (nSPS) is 18.1. The van der Waals surface area contributed by atoms with E-state index in [-0.39, 0.29) is 42.2 Å². The molecule has 4 rings (SSSR count). The van der Waals surface area contributed by atoms with E-state index in [1.807, 2.05) is 0 Å². The van der Waals surface area contributed by atoms with Crippen LogP contribution in [0.1, 0.15) is 69.2 Å². The van der Waals surface area contributed by atoms with Crippen molar-refractivity contribution in [3.8, 4) is 0 Å². The number of rotatable bonds is 7. The smallest absolute Gasteiger partial charge is 0.261 e. The Kier molecular flexibility index (Phi) is 8.51. The first-order chi connectivity index (χ1) is 15.4. The van der Waals surface area contributed by atoms with Crippen LogP contribution < -0.4 is 5.32 Å². The van der Waals surface area contributed by atoms with Crippen LogP contribution in [0.3, 0.4) is 0 Å². The Balaban J connectivity index is 0.00000306. The van der Waals surface area contributed by atoms with Crippen molar-refractivity contribution >= 4 is 41.7 Å². The maximum absolute atomic E-state index is 12.9. The highest BCUT2D eigenvalue weighted by molar-refractivity contribution is 6.30. The minimum absolute atomic E-state index is 0. The van der Waals surface area contributed by atoms with Crippen LogP contribution in [0, 0.1) is 0 Å². The number of piperidine rings is 1. The Labute approximate surface area is 205 Å². The number of fused-ring (bicyclic) bond motifs is 1. The lowest BCUT2D eigenvalue weighted by molar-refractivity contribution is 0.0642. The lowest BCUT2D eigenvalue weighted by atomic mass is 10.0. The summed E-state index contributed by atoms with van der Waals surface area (Å²) in [5.41, 5.74) is 1.81. The molecular formula is C25H29Cl2N3O3. The zero-order chi connectivity index (χ0) is 22.7. The predicted octanol–water partition coefficient (Wildman–Crippen LogP) is 4.55. The number of amides is 3. The zero-order valence-corrected chi connectivity index (χ0v) is 20.3. The number of carbonyl (C=O) groups is 3. The summed E-state index contributed by atoms with van der Waals surface area (Å²) >= 11 is 5.91. The summed E-state index contributed by atoms with van der Waals surface area (Å²) in [6.07, 6.45) is 4.66. The van der Waals surface area contributed by atoms with Gasteiger partial charge in [-0.15, -0.1) is 12.4 Å². The summed E-state index contributed by atoms with van der Waals surface area (Å²) in [5.74, 6) is -0.952. The van der Waals surface area contributed by atoms with Gasteiger partial charge >= 0.3 is 0 Å². The van der Waals surface area contributed by atoms with Gasteiger partial charge in [0.25, 0.3) is 17.7 Å². The molecule has 0 aromatic heterocycles. The molecule has 2 aliphatic heterocycles. The van der Waals surface area contributed by atoms with Gasteiger partial charge in [0.1, 0.15) is 0 Å². The molecule has 2 aliphatic rings. The second-order valence-corrected chi connectivity index (χ2v) is 9.01. The van der Waals surface area contributed by atoms with Crippen molar-refractivity contribution in [1.82, 2.24) is 15.1 Å². The molecule has 2 aromatic rings. The van der Waals surface area contributed by atoms with Crippen molar-refractivity contribution in [2.24, 2.45) is 0 Å². The molecule has 0 radical (unpaired) electrons. The second kappa shape index (κ2) is 11.1. The fourth-order valence-corrected chi connectivity index (χ4v) is 4.55. The van der Waals surface area contributed by atoms with Gasteiger partial charge in [-0.05, 0) is 68.6 Å². The van der Waals surface area contributed by atoms with E-state index in [9.17, 15) is 14.4 Å². The van der Waals surface area contributed by atoms with E-state index in [1.54, 1.807) is 36.4 Å². The number of halogens is 2. The molecule has 2 aromatic carbocycles. The molecule has 0 saturated carbocycles. The van der Waals surface area contributed by atoms with Gasteiger partial charge in [0.05, 0.1) is 17.7 Å². The highest BCUT2D eigenvalue weighted by Crippen LogP contribution is 2.26. The van der Waals surface area contributed by atoms with Crippen LogP contribution in [0.25, 0.3) is 0 Å². The summed E-state index contributed by atoms with van der Waals surface area (Å²) in [6.45, 7) is 5.10. The van der Waals surface area contributed by atoms with Crippen molar-refractivity contribution in [2.45, 2.75) is 45.2 Å². The van der Waals surface area contributed by atoms with Gasteiger partial charge in [0.2, 0.25) is 0 Å². The van der Waals surface area contributed by atoms with E-state index < -0.39 is 0 Å². The van der Waals surface area contributed by atoms with Gasteiger partial charge in [0.15, 0.2) is 0 Å². The van der Waals surface area contributed by atoms with Gasteiger partial charge in [-0.25, -0.2) is 0 Å². The third kappa shape index (κ3) is 5.75. The molecule has 6 nitrogen and oxygen atoms in total. The van der Waals surface area contributed by atoms with Gasteiger partial charge in [-0.3, -0.25) is 19.3 Å². The maximum atomic E-state index is 12.9. The molecule has 0 aliphatic carbocycles. The number of likely N-dealkylation sites (tertiary alicyclic amines) is 1. The third-order valence-corrected chi connectivity index (χ3v) is 6.59. The lowest BCUT2D eigenvalue weighted by Gasteiger charge is -2.33. The number of carbonyl (C=O) groups excluding carboxylic acids is 3. The van der Waals surface area contributed by atoms with Crippen LogP contribution >= 0.6 is 24.0 Å². The van der Waals surface area contributed by atoms with E-state index in [1.165, 1.54) is 30.2 Å². The van der Waals surface area contributed by atoms with Crippen molar-refractivity contribution in [3.63, 3.8) is 0 Å². The SMILES string of the molecule is CC1CCCCN1CCCNC(=O)c1ccc2c(c1)C(=O)N(Cc1ccc(Cl)cc1)C2=O.Cl. The summed E-state index contributed by atoms with van der Waals surface area (Å²) in [7, 11) is 0. The minimum Gasteiger partial charge on any atom is -0.352 e. The number of benzene rings is 2.